The van der Waals surface area contributed by atoms with E-state index >= 15 is 0 Å². The molecule has 1 saturated heterocycles. The highest BCUT2D eigenvalue weighted by Crippen LogP contribution is 2.08. The van der Waals surface area contributed by atoms with Crippen LogP contribution in [0.25, 0.3) is 0 Å². The van der Waals surface area contributed by atoms with Crippen LogP contribution in [0.15, 0.2) is 0 Å². The number of piperazine rings is 1. The predicted molar refractivity (Wildman–Crippen MR) is 56.8 cm³/mol. The number of aliphatic hydroxyl groups excluding tert-OH is 1. The molecule has 0 aromatic carbocycles. The van der Waals surface area contributed by atoms with E-state index in [1.165, 1.54) is 0 Å². The standard InChI is InChI=1S/C10H20N2O3/c1-11-3-5-12(6-4-11)8-9(2-7-13)10(14)15/h9,13H,2-8H2,1H3,(H,14,15). The summed E-state index contributed by atoms with van der Waals surface area (Å²) in [4.78, 5) is 15.3. The Morgan fingerprint density at radius 1 is 1.33 bits per heavy atom. The number of nitrogens with zero attached hydrogens (tertiary/aromatic N) is 2. The summed E-state index contributed by atoms with van der Waals surface area (Å²) in [5, 5.41) is 17.7. The molecule has 1 rings (SSSR count). The third-order valence-electron chi connectivity index (χ3n) is 2.90. The van der Waals surface area contributed by atoms with Gasteiger partial charge >= 0.3 is 5.97 Å². The van der Waals surface area contributed by atoms with Crippen LogP contribution < -0.4 is 0 Å². The van der Waals surface area contributed by atoms with E-state index in [1.54, 1.807) is 0 Å². The second-order valence-electron chi connectivity index (χ2n) is 4.15. The number of carbonyl (C=O) groups is 1. The van der Waals surface area contributed by atoms with Gasteiger partial charge < -0.3 is 15.1 Å². The molecule has 15 heavy (non-hydrogen) atoms. The average Bonchev–Trinajstić information content (AvgIpc) is 2.20. The van der Waals surface area contributed by atoms with Crippen molar-refractivity contribution in [1.29, 1.82) is 0 Å². The van der Waals surface area contributed by atoms with Crippen LogP contribution >= 0.6 is 0 Å². The molecule has 1 fully saturated rings. The third-order valence-corrected chi connectivity index (χ3v) is 2.90. The molecule has 1 aliphatic heterocycles. The van der Waals surface area contributed by atoms with Crippen molar-refractivity contribution in [1.82, 2.24) is 9.80 Å². The Morgan fingerprint density at radius 3 is 2.40 bits per heavy atom. The number of hydrogen-bond acceptors (Lipinski definition) is 4. The van der Waals surface area contributed by atoms with Crippen molar-refractivity contribution in [3.8, 4) is 0 Å². The SMILES string of the molecule is CN1CCN(CC(CCO)C(=O)O)CC1. The van der Waals surface area contributed by atoms with Gasteiger partial charge in [0.05, 0.1) is 5.92 Å². The zero-order valence-electron chi connectivity index (χ0n) is 9.22. The zero-order chi connectivity index (χ0) is 11.3. The molecule has 0 bridgehead atoms. The van der Waals surface area contributed by atoms with Gasteiger partial charge in [-0.25, -0.2) is 0 Å². The molecule has 0 aliphatic carbocycles. The minimum Gasteiger partial charge on any atom is -0.481 e. The Hall–Kier alpha value is -0.650. The topological polar surface area (TPSA) is 64.0 Å². The van der Waals surface area contributed by atoms with Crippen LogP contribution in [0.3, 0.4) is 0 Å². The number of aliphatic carboxylic acids is 1. The van der Waals surface area contributed by atoms with Crippen LogP contribution in [0.1, 0.15) is 6.42 Å². The Labute approximate surface area is 90.3 Å². The van der Waals surface area contributed by atoms with E-state index in [2.05, 4.69) is 16.8 Å². The summed E-state index contributed by atoms with van der Waals surface area (Å²) in [7, 11) is 2.07. The summed E-state index contributed by atoms with van der Waals surface area (Å²) in [6.45, 7) is 4.34. The first-order valence-corrected chi connectivity index (χ1v) is 5.38. The van der Waals surface area contributed by atoms with Crippen molar-refractivity contribution >= 4 is 5.97 Å². The maximum absolute atomic E-state index is 10.9. The first-order valence-electron chi connectivity index (χ1n) is 5.38. The van der Waals surface area contributed by atoms with E-state index < -0.39 is 11.9 Å². The van der Waals surface area contributed by atoms with Gasteiger partial charge in [-0.05, 0) is 13.5 Å². The van der Waals surface area contributed by atoms with E-state index in [0.717, 1.165) is 26.2 Å². The molecule has 0 aromatic heterocycles. The molecule has 1 aliphatic rings. The van der Waals surface area contributed by atoms with E-state index in [4.69, 9.17) is 10.2 Å². The van der Waals surface area contributed by atoms with E-state index in [-0.39, 0.29) is 6.61 Å². The maximum atomic E-state index is 10.9. The van der Waals surface area contributed by atoms with Crippen LogP contribution in [0.4, 0.5) is 0 Å². The van der Waals surface area contributed by atoms with Crippen molar-refractivity contribution in [2.24, 2.45) is 5.92 Å². The van der Waals surface area contributed by atoms with Gasteiger partial charge in [0, 0.05) is 39.3 Å². The smallest absolute Gasteiger partial charge is 0.307 e. The van der Waals surface area contributed by atoms with Crippen LogP contribution in [0, 0.1) is 5.92 Å². The van der Waals surface area contributed by atoms with E-state index in [1.807, 2.05) is 0 Å². The van der Waals surface area contributed by atoms with Crippen molar-refractivity contribution in [3.63, 3.8) is 0 Å². The van der Waals surface area contributed by atoms with Gasteiger partial charge in [0.15, 0.2) is 0 Å². The lowest BCUT2D eigenvalue weighted by molar-refractivity contribution is -0.143. The van der Waals surface area contributed by atoms with Gasteiger partial charge in [-0.15, -0.1) is 0 Å². The molecular formula is C10H20N2O3. The Morgan fingerprint density at radius 2 is 1.93 bits per heavy atom. The summed E-state index contributed by atoms with van der Waals surface area (Å²) in [5.41, 5.74) is 0. The molecule has 0 aromatic rings. The Kier molecular flexibility index (Phi) is 5.01. The number of rotatable bonds is 5. The molecule has 0 amide bonds. The normalized spacial score (nSPS) is 21.5. The van der Waals surface area contributed by atoms with Crippen molar-refractivity contribution in [3.05, 3.63) is 0 Å². The lowest BCUT2D eigenvalue weighted by Crippen LogP contribution is -2.47. The van der Waals surface area contributed by atoms with Crippen LogP contribution in [0.5, 0.6) is 0 Å². The first-order chi connectivity index (χ1) is 7.13. The van der Waals surface area contributed by atoms with Gasteiger partial charge in [-0.1, -0.05) is 0 Å². The minimum atomic E-state index is -0.803. The molecule has 88 valence electrons. The number of aliphatic hydroxyl groups is 1. The second kappa shape index (κ2) is 6.05. The van der Waals surface area contributed by atoms with Gasteiger partial charge in [0.25, 0.3) is 0 Å². The fraction of sp³-hybridized carbons (Fsp3) is 0.900. The third kappa shape index (κ3) is 4.15. The first kappa shape index (κ1) is 12.4. The highest BCUT2D eigenvalue weighted by Gasteiger charge is 2.22. The molecule has 5 nitrogen and oxygen atoms in total. The van der Waals surface area contributed by atoms with Gasteiger partial charge in [0.2, 0.25) is 0 Å². The number of carboxylic acids is 1. The molecule has 2 N–H and O–H groups in total. The minimum absolute atomic E-state index is 0.0509. The summed E-state index contributed by atoms with van der Waals surface area (Å²) in [6, 6.07) is 0. The second-order valence-corrected chi connectivity index (χ2v) is 4.15. The molecule has 0 saturated carbocycles. The molecule has 1 atom stereocenters. The van der Waals surface area contributed by atoms with Crippen molar-refractivity contribution in [2.45, 2.75) is 6.42 Å². The fourth-order valence-corrected chi connectivity index (χ4v) is 1.79. The molecule has 1 heterocycles. The van der Waals surface area contributed by atoms with Crippen LogP contribution in [-0.2, 0) is 4.79 Å². The quantitative estimate of drug-likeness (QED) is 0.637. The van der Waals surface area contributed by atoms with E-state index in [9.17, 15) is 4.79 Å². The Bertz CT molecular complexity index is 203. The molecule has 0 radical (unpaired) electrons. The monoisotopic (exact) mass is 216 g/mol. The number of hydrogen-bond donors (Lipinski definition) is 2. The highest BCUT2D eigenvalue weighted by atomic mass is 16.4. The predicted octanol–water partition coefficient (Wildman–Crippen LogP) is -0.683. The van der Waals surface area contributed by atoms with Gasteiger partial charge in [-0.2, -0.15) is 0 Å². The molecule has 1 unspecified atom stereocenters. The highest BCUT2D eigenvalue weighted by molar-refractivity contribution is 5.70. The lowest BCUT2D eigenvalue weighted by Gasteiger charge is -2.33. The maximum Gasteiger partial charge on any atom is 0.307 e. The lowest BCUT2D eigenvalue weighted by atomic mass is 10.1. The number of carboxylic acid groups (broad SMARTS) is 1. The number of likely N-dealkylation sites (N-methyl/N-ethyl adjacent to an activating group) is 1. The largest absolute Gasteiger partial charge is 0.481 e. The zero-order valence-corrected chi connectivity index (χ0v) is 9.22. The van der Waals surface area contributed by atoms with Gasteiger partial charge in [0.1, 0.15) is 0 Å². The summed E-state index contributed by atoms with van der Waals surface area (Å²) in [5.74, 6) is -1.23. The van der Waals surface area contributed by atoms with E-state index in [0.29, 0.717) is 13.0 Å². The van der Waals surface area contributed by atoms with Crippen molar-refractivity contribution < 1.29 is 15.0 Å². The molecular weight excluding hydrogens is 196 g/mol. The van der Waals surface area contributed by atoms with Gasteiger partial charge in [-0.3, -0.25) is 9.69 Å². The molecule has 0 spiro atoms. The molecule has 5 heteroatoms. The van der Waals surface area contributed by atoms with Crippen molar-refractivity contribution in [2.75, 3.05) is 46.4 Å². The summed E-state index contributed by atoms with van der Waals surface area (Å²) >= 11 is 0. The fourth-order valence-electron chi connectivity index (χ4n) is 1.79. The van der Waals surface area contributed by atoms with Crippen LogP contribution in [0.2, 0.25) is 0 Å². The average molecular weight is 216 g/mol. The Balaban J connectivity index is 2.34. The summed E-state index contributed by atoms with van der Waals surface area (Å²) in [6.07, 6.45) is 0.349. The van der Waals surface area contributed by atoms with Crippen LogP contribution in [-0.4, -0.2) is 72.4 Å². The summed E-state index contributed by atoms with van der Waals surface area (Å²) < 4.78 is 0.